The van der Waals surface area contributed by atoms with Gasteiger partial charge in [-0.3, -0.25) is 14.9 Å². The SMILES string of the molecule is CC/C(=N/OC(C)=O)C(=O)c1ccc(-n2c3ccccc3c3cc([N+](=O)[O-])ccc32)cc1. The zero-order valence-corrected chi connectivity index (χ0v) is 17.4. The quantitative estimate of drug-likeness (QED) is 0.138. The van der Waals surface area contributed by atoms with Crippen LogP contribution in [0.5, 0.6) is 0 Å². The second kappa shape index (κ2) is 8.43. The fourth-order valence-electron chi connectivity index (χ4n) is 3.67. The van der Waals surface area contributed by atoms with Gasteiger partial charge in [-0.25, -0.2) is 4.79 Å². The van der Waals surface area contributed by atoms with Crippen molar-refractivity contribution in [2.24, 2.45) is 5.16 Å². The molecule has 8 heteroatoms. The zero-order valence-electron chi connectivity index (χ0n) is 17.4. The lowest BCUT2D eigenvalue weighted by molar-refractivity contribution is -0.384. The predicted octanol–water partition coefficient (Wildman–Crippen LogP) is 5.20. The van der Waals surface area contributed by atoms with Gasteiger partial charge in [0.1, 0.15) is 5.71 Å². The van der Waals surface area contributed by atoms with Crippen molar-refractivity contribution in [2.75, 3.05) is 0 Å². The molecule has 0 N–H and O–H groups in total. The van der Waals surface area contributed by atoms with Crippen LogP contribution in [0.4, 0.5) is 5.69 Å². The molecule has 0 unspecified atom stereocenters. The topological polar surface area (TPSA) is 104 Å². The minimum Gasteiger partial charge on any atom is -0.318 e. The maximum Gasteiger partial charge on any atom is 0.331 e. The second-order valence-corrected chi connectivity index (χ2v) is 7.16. The number of nitro benzene ring substituents is 1. The Kier molecular flexibility index (Phi) is 5.51. The highest BCUT2D eigenvalue weighted by molar-refractivity contribution is 6.45. The number of carbonyl (C=O) groups excluding carboxylic acids is 2. The van der Waals surface area contributed by atoms with Crippen LogP contribution in [0.1, 0.15) is 30.6 Å². The standard InChI is InChI=1S/C24H19N3O5/c1-3-21(25-32-15(2)28)24(29)16-8-10-17(11-9-16)26-22-7-5-4-6-19(22)20-14-18(27(30)31)12-13-23(20)26/h4-14H,3H2,1-2H3/b25-21-. The number of hydrogen-bond donors (Lipinski definition) is 0. The van der Waals surface area contributed by atoms with E-state index in [9.17, 15) is 19.7 Å². The number of non-ortho nitro benzene ring substituents is 1. The fourth-order valence-corrected chi connectivity index (χ4v) is 3.67. The van der Waals surface area contributed by atoms with Crippen LogP contribution in [0.15, 0.2) is 71.9 Å². The first-order valence-corrected chi connectivity index (χ1v) is 9.98. The summed E-state index contributed by atoms with van der Waals surface area (Å²) in [5.74, 6) is -0.913. The van der Waals surface area contributed by atoms with E-state index in [-0.39, 0.29) is 17.2 Å². The van der Waals surface area contributed by atoms with Crippen LogP contribution in [0.25, 0.3) is 27.5 Å². The summed E-state index contributed by atoms with van der Waals surface area (Å²) in [7, 11) is 0. The van der Waals surface area contributed by atoms with E-state index in [1.54, 1.807) is 43.3 Å². The molecule has 0 atom stereocenters. The molecule has 32 heavy (non-hydrogen) atoms. The Morgan fingerprint density at radius 3 is 2.34 bits per heavy atom. The van der Waals surface area contributed by atoms with Gasteiger partial charge in [-0.05, 0) is 42.8 Å². The summed E-state index contributed by atoms with van der Waals surface area (Å²) in [6.07, 6.45) is 0.319. The van der Waals surface area contributed by atoms with Gasteiger partial charge in [-0.2, -0.15) is 0 Å². The maximum absolute atomic E-state index is 12.7. The van der Waals surface area contributed by atoms with Gasteiger partial charge in [0.05, 0.1) is 16.0 Å². The van der Waals surface area contributed by atoms with E-state index in [0.29, 0.717) is 12.0 Å². The Bertz CT molecular complexity index is 1400. The van der Waals surface area contributed by atoms with Crippen LogP contribution in [0.3, 0.4) is 0 Å². The van der Waals surface area contributed by atoms with Crippen molar-refractivity contribution in [2.45, 2.75) is 20.3 Å². The minimum absolute atomic E-state index is 0.0282. The molecule has 0 amide bonds. The zero-order chi connectivity index (χ0) is 22.8. The van der Waals surface area contributed by atoms with Gasteiger partial charge in [-0.15, -0.1) is 0 Å². The van der Waals surface area contributed by atoms with E-state index in [4.69, 9.17) is 0 Å². The summed E-state index contributed by atoms with van der Waals surface area (Å²) in [5, 5.41) is 16.6. The van der Waals surface area contributed by atoms with Gasteiger partial charge >= 0.3 is 5.97 Å². The lowest BCUT2D eigenvalue weighted by atomic mass is 10.0. The van der Waals surface area contributed by atoms with Crippen molar-refractivity contribution in [1.82, 2.24) is 4.57 Å². The highest BCUT2D eigenvalue weighted by Crippen LogP contribution is 2.34. The van der Waals surface area contributed by atoms with E-state index in [1.807, 2.05) is 28.8 Å². The van der Waals surface area contributed by atoms with Crippen molar-refractivity contribution < 1.29 is 19.3 Å². The fraction of sp³-hybridized carbons (Fsp3) is 0.125. The lowest BCUT2D eigenvalue weighted by Gasteiger charge is -2.09. The molecule has 0 bridgehead atoms. The molecule has 0 fully saturated rings. The number of benzene rings is 3. The van der Waals surface area contributed by atoms with Crippen LogP contribution in [-0.2, 0) is 9.63 Å². The number of nitro groups is 1. The first-order valence-electron chi connectivity index (χ1n) is 9.98. The number of fused-ring (bicyclic) bond motifs is 3. The number of rotatable bonds is 6. The highest BCUT2D eigenvalue weighted by atomic mass is 16.7. The number of Topliss-reactive ketones (excluding diaryl/α,β-unsaturated/α-hetero) is 1. The van der Waals surface area contributed by atoms with Crippen molar-refractivity contribution in [3.05, 3.63) is 82.4 Å². The molecule has 160 valence electrons. The molecule has 3 aromatic carbocycles. The Morgan fingerprint density at radius 1 is 1.00 bits per heavy atom. The van der Waals surface area contributed by atoms with E-state index < -0.39 is 10.9 Å². The summed E-state index contributed by atoms with van der Waals surface area (Å²) in [6, 6.07) is 19.4. The van der Waals surface area contributed by atoms with Gasteiger partial charge in [0, 0.05) is 41.1 Å². The number of nitrogens with zero attached hydrogens (tertiary/aromatic N) is 3. The lowest BCUT2D eigenvalue weighted by Crippen LogP contribution is -2.14. The molecule has 0 aliphatic heterocycles. The molecule has 4 aromatic rings. The summed E-state index contributed by atoms with van der Waals surface area (Å²) in [6.45, 7) is 2.97. The summed E-state index contributed by atoms with van der Waals surface area (Å²) < 4.78 is 2.00. The molecule has 0 aliphatic rings. The minimum atomic E-state index is -0.592. The van der Waals surface area contributed by atoms with Crippen molar-refractivity contribution >= 4 is 45.0 Å². The monoisotopic (exact) mass is 429 g/mol. The Labute approximate surface area is 182 Å². The number of carbonyl (C=O) groups is 2. The summed E-state index contributed by atoms with van der Waals surface area (Å²) in [4.78, 5) is 39.2. The van der Waals surface area contributed by atoms with Crippen molar-refractivity contribution in [3.8, 4) is 5.69 Å². The summed E-state index contributed by atoms with van der Waals surface area (Å²) >= 11 is 0. The summed E-state index contributed by atoms with van der Waals surface area (Å²) in [5.41, 5.74) is 3.11. The van der Waals surface area contributed by atoms with Crippen LogP contribution in [-0.4, -0.2) is 27.0 Å². The van der Waals surface area contributed by atoms with Gasteiger partial charge in [0.15, 0.2) is 0 Å². The number of oxime groups is 1. The normalized spacial score (nSPS) is 11.6. The van der Waals surface area contributed by atoms with Crippen molar-refractivity contribution in [3.63, 3.8) is 0 Å². The molecule has 4 rings (SSSR count). The molecule has 0 saturated heterocycles. The molecule has 0 radical (unpaired) electrons. The number of aromatic nitrogens is 1. The average molecular weight is 429 g/mol. The molecular weight excluding hydrogens is 410 g/mol. The molecule has 0 saturated carbocycles. The maximum atomic E-state index is 12.7. The number of para-hydroxylation sites is 1. The molecule has 0 spiro atoms. The Hall–Kier alpha value is -4.33. The van der Waals surface area contributed by atoms with Gasteiger partial charge < -0.3 is 9.40 Å². The van der Waals surface area contributed by atoms with Crippen LogP contribution in [0, 0.1) is 10.1 Å². The van der Waals surface area contributed by atoms with E-state index in [1.165, 1.54) is 13.0 Å². The first kappa shape index (κ1) is 20.9. The third-order valence-electron chi connectivity index (χ3n) is 5.14. The van der Waals surface area contributed by atoms with E-state index in [0.717, 1.165) is 27.5 Å². The van der Waals surface area contributed by atoms with Crippen LogP contribution < -0.4 is 0 Å². The van der Waals surface area contributed by atoms with E-state index >= 15 is 0 Å². The number of ketones is 1. The van der Waals surface area contributed by atoms with Gasteiger partial charge in [-0.1, -0.05) is 30.3 Å². The van der Waals surface area contributed by atoms with Crippen molar-refractivity contribution in [1.29, 1.82) is 0 Å². The first-order chi connectivity index (χ1) is 15.4. The molecule has 1 heterocycles. The third-order valence-corrected chi connectivity index (χ3v) is 5.14. The van der Waals surface area contributed by atoms with Gasteiger partial charge in [0.2, 0.25) is 5.78 Å². The smallest absolute Gasteiger partial charge is 0.318 e. The van der Waals surface area contributed by atoms with Crippen LogP contribution in [0.2, 0.25) is 0 Å². The van der Waals surface area contributed by atoms with Gasteiger partial charge in [0.25, 0.3) is 5.69 Å². The second-order valence-electron chi connectivity index (χ2n) is 7.16. The predicted molar refractivity (Wildman–Crippen MR) is 121 cm³/mol. The average Bonchev–Trinajstić information content (AvgIpc) is 3.13. The largest absolute Gasteiger partial charge is 0.331 e. The Morgan fingerprint density at radius 2 is 1.69 bits per heavy atom. The van der Waals surface area contributed by atoms with Crippen LogP contribution >= 0.6 is 0 Å². The Balaban J connectivity index is 1.80. The third kappa shape index (κ3) is 3.74. The van der Waals surface area contributed by atoms with E-state index in [2.05, 4.69) is 9.99 Å². The molecular formula is C24H19N3O5. The highest BCUT2D eigenvalue weighted by Gasteiger charge is 2.17. The molecule has 1 aromatic heterocycles. The number of hydrogen-bond acceptors (Lipinski definition) is 6. The molecule has 0 aliphatic carbocycles. The molecule has 8 nitrogen and oxygen atoms in total.